The van der Waals surface area contributed by atoms with Crippen molar-refractivity contribution in [3.63, 3.8) is 0 Å². The van der Waals surface area contributed by atoms with E-state index in [1.807, 2.05) is 0 Å². The Morgan fingerprint density at radius 2 is 1.88 bits per heavy atom. The molecule has 0 bridgehead atoms. The minimum atomic E-state index is -3.82. The van der Waals surface area contributed by atoms with Gasteiger partial charge in [-0.25, -0.2) is 32.2 Å². The Hall–Kier alpha value is -2.53. The average Bonchev–Trinajstić information content (AvgIpc) is 3.17. The van der Waals surface area contributed by atoms with Gasteiger partial charge in [0.25, 0.3) is 5.92 Å². The Labute approximate surface area is 189 Å². The first-order chi connectivity index (χ1) is 15.0. The highest BCUT2D eigenvalue weighted by Crippen LogP contribution is 2.54. The fourth-order valence-electron chi connectivity index (χ4n) is 3.46. The van der Waals surface area contributed by atoms with E-state index in [9.17, 15) is 17.2 Å². The Balaban J connectivity index is 1.67. The van der Waals surface area contributed by atoms with Gasteiger partial charge >= 0.3 is 0 Å². The predicted molar refractivity (Wildman–Crippen MR) is 114 cm³/mol. The molecule has 0 aliphatic heterocycles. The Bertz CT molecular complexity index is 1250. The van der Waals surface area contributed by atoms with Crippen molar-refractivity contribution in [3.05, 3.63) is 53.0 Å². The van der Waals surface area contributed by atoms with Gasteiger partial charge in [-0.2, -0.15) is 0 Å². The zero-order valence-electron chi connectivity index (χ0n) is 17.6. The second-order valence-electron chi connectivity index (χ2n) is 8.02. The normalized spacial score (nSPS) is 19.5. The van der Waals surface area contributed by atoms with E-state index in [0.717, 1.165) is 0 Å². The molecule has 12 heteroatoms. The number of halogens is 3. The molecule has 0 amide bonds. The van der Waals surface area contributed by atoms with Gasteiger partial charge in [0.1, 0.15) is 29.1 Å². The summed E-state index contributed by atoms with van der Waals surface area (Å²) in [5.41, 5.74) is 1.04. The van der Waals surface area contributed by atoms with E-state index in [1.54, 1.807) is 32.0 Å². The van der Waals surface area contributed by atoms with E-state index in [1.165, 1.54) is 23.9 Å². The molecule has 1 aliphatic carbocycles. The number of rotatable bonds is 7. The van der Waals surface area contributed by atoms with Crippen LogP contribution in [0.1, 0.15) is 49.6 Å². The van der Waals surface area contributed by atoms with Crippen LogP contribution >= 0.6 is 11.6 Å². The summed E-state index contributed by atoms with van der Waals surface area (Å²) in [4.78, 5) is 12.5. The number of hydrogen-bond acceptors (Lipinski definition) is 7. The van der Waals surface area contributed by atoms with Crippen molar-refractivity contribution in [1.29, 1.82) is 0 Å². The van der Waals surface area contributed by atoms with E-state index in [0.29, 0.717) is 22.2 Å². The summed E-state index contributed by atoms with van der Waals surface area (Å²) in [6.45, 7) is 4.99. The lowest BCUT2D eigenvalue weighted by molar-refractivity contribution is 0.100. The molecule has 4 rings (SSSR count). The maximum absolute atomic E-state index is 14.0. The molecule has 0 saturated heterocycles. The Morgan fingerprint density at radius 1 is 1.22 bits per heavy atom. The smallest absolute Gasteiger partial charge is 0.270 e. The SMILES string of the molecule is Cc1cccc(-c2nnc(CS(=O)(=O)[C@@H](C)[C@H](C)c3ncc(Cl)cn3)n2C2CC2(F)F)n1. The van der Waals surface area contributed by atoms with Gasteiger partial charge in [-0.15, -0.1) is 10.2 Å². The molecule has 0 radical (unpaired) electrons. The lowest BCUT2D eigenvalue weighted by atomic mass is 10.1. The Morgan fingerprint density at radius 3 is 2.47 bits per heavy atom. The number of aryl methyl sites for hydroxylation is 1. The summed E-state index contributed by atoms with van der Waals surface area (Å²) < 4.78 is 55.6. The molecular weight excluding hydrogens is 462 g/mol. The van der Waals surface area contributed by atoms with Crippen LogP contribution in [0.2, 0.25) is 5.02 Å². The molecule has 1 unspecified atom stereocenters. The first-order valence-corrected chi connectivity index (χ1v) is 12.0. The fourth-order valence-corrected chi connectivity index (χ4v) is 5.12. The number of nitrogens with zero attached hydrogens (tertiary/aromatic N) is 6. The molecule has 0 aromatic carbocycles. The minimum absolute atomic E-state index is 0.0402. The second kappa shape index (κ2) is 8.11. The predicted octanol–water partition coefficient (Wildman–Crippen LogP) is 3.78. The molecule has 1 saturated carbocycles. The third-order valence-electron chi connectivity index (χ3n) is 5.64. The zero-order valence-corrected chi connectivity index (χ0v) is 19.1. The molecule has 32 heavy (non-hydrogen) atoms. The van der Waals surface area contributed by atoms with E-state index >= 15 is 0 Å². The summed E-state index contributed by atoms with van der Waals surface area (Å²) >= 11 is 5.80. The highest BCUT2D eigenvalue weighted by molar-refractivity contribution is 7.91. The third kappa shape index (κ3) is 4.36. The van der Waals surface area contributed by atoms with Crippen molar-refractivity contribution in [3.8, 4) is 11.5 Å². The molecule has 3 aromatic heterocycles. The maximum Gasteiger partial charge on any atom is 0.270 e. The Kier molecular flexibility index (Phi) is 5.74. The van der Waals surface area contributed by atoms with E-state index in [4.69, 9.17) is 11.6 Å². The van der Waals surface area contributed by atoms with Gasteiger partial charge in [-0.05, 0) is 26.0 Å². The monoisotopic (exact) mass is 482 g/mol. The van der Waals surface area contributed by atoms with Gasteiger partial charge < -0.3 is 0 Å². The van der Waals surface area contributed by atoms with Gasteiger partial charge in [0.05, 0.1) is 10.3 Å². The lowest BCUT2D eigenvalue weighted by Gasteiger charge is -2.19. The number of hydrogen-bond donors (Lipinski definition) is 0. The van der Waals surface area contributed by atoms with Crippen LogP contribution in [0.4, 0.5) is 8.78 Å². The number of aromatic nitrogens is 6. The summed E-state index contributed by atoms with van der Waals surface area (Å²) in [7, 11) is -3.82. The molecule has 0 N–H and O–H groups in total. The van der Waals surface area contributed by atoms with E-state index in [2.05, 4.69) is 25.1 Å². The molecule has 3 atom stereocenters. The lowest BCUT2D eigenvalue weighted by Crippen LogP contribution is -2.27. The molecule has 1 fully saturated rings. The molecule has 0 spiro atoms. The zero-order chi connectivity index (χ0) is 23.3. The molecular formula is C20H21ClF2N6O2S. The van der Waals surface area contributed by atoms with Crippen molar-refractivity contribution in [2.24, 2.45) is 0 Å². The largest absolute Gasteiger partial charge is 0.299 e. The number of sulfone groups is 1. The topological polar surface area (TPSA) is 104 Å². The third-order valence-corrected chi connectivity index (χ3v) is 8.03. The van der Waals surface area contributed by atoms with Gasteiger partial charge in [-0.3, -0.25) is 4.57 Å². The highest BCUT2D eigenvalue weighted by Gasteiger charge is 2.60. The maximum atomic E-state index is 14.0. The number of pyridine rings is 1. The van der Waals surface area contributed by atoms with Crippen LogP contribution in [0, 0.1) is 6.92 Å². The van der Waals surface area contributed by atoms with Crippen LogP contribution < -0.4 is 0 Å². The van der Waals surface area contributed by atoms with E-state index in [-0.39, 0.29) is 11.6 Å². The van der Waals surface area contributed by atoms with Crippen molar-refractivity contribution in [2.45, 2.75) is 56.1 Å². The summed E-state index contributed by atoms with van der Waals surface area (Å²) in [5, 5.41) is 7.44. The van der Waals surface area contributed by atoms with Crippen molar-refractivity contribution in [1.82, 2.24) is 29.7 Å². The minimum Gasteiger partial charge on any atom is -0.299 e. The quantitative estimate of drug-likeness (QED) is 0.504. The first-order valence-electron chi connectivity index (χ1n) is 9.94. The van der Waals surface area contributed by atoms with Gasteiger partial charge in [0.15, 0.2) is 15.7 Å². The van der Waals surface area contributed by atoms with Crippen LogP contribution in [0.15, 0.2) is 30.6 Å². The average molecular weight is 483 g/mol. The standard InChI is InChI=1S/C20H21ClF2N6O2S/c1-11-5-4-6-15(26-11)19-28-27-17(29(19)16-7-20(16,22)23)10-32(30,31)13(3)12(2)18-24-8-14(21)9-25-18/h4-6,8-9,12-13,16H,7,10H2,1-3H3/t12-,13-,16?/m0/s1. The van der Waals surface area contributed by atoms with Crippen LogP contribution in [-0.2, 0) is 15.6 Å². The molecule has 8 nitrogen and oxygen atoms in total. The molecule has 3 heterocycles. The second-order valence-corrected chi connectivity index (χ2v) is 10.8. The van der Waals surface area contributed by atoms with Crippen LogP contribution in [0.25, 0.3) is 11.5 Å². The van der Waals surface area contributed by atoms with Gasteiger partial charge in [0.2, 0.25) is 0 Å². The molecule has 1 aliphatic rings. The van der Waals surface area contributed by atoms with Crippen LogP contribution in [0.5, 0.6) is 0 Å². The van der Waals surface area contributed by atoms with Crippen molar-refractivity contribution >= 4 is 21.4 Å². The summed E-state index contributed by atoms with van der Waals surface area (Å²) in [6.07, 6.45) is 2.39. The molecule has 170 valence electrons. The van der Waals surface area contributed by atoms with Crippen molar-refractivity contribution < 1.29 is 17.2 Å². The first kappa shape index (κ1) is 22.7. The summed E-state index contributed by atoms with van der Waals surface area (Å²) in [6, 6.07) is 3.93. The number of alkyl halides is 2. The van der Waals surface area contributed by atoms with Gasteiger partial charge in [0, 0.05) is 30.4 Å². The molecule has 3 aromatic rings. The van der Waals surface area contributed by atoms with Gasteiger partial charge in [-0.1, -0.05) is 24.6 Å². The highest BCUT2D eigenvalue weighted by atomic mass is 35.5. The summed E-state index contributed by atoms with van der Waals surface area (Å²) in [5.74, 6) is -3.63. The van der Waals surface area contributed by atoms with Crippen LogP contribution in [0.3, 0.4) is 0 Å². The van der Waals surface area contributed by atoms with Crippen molar-refractivity contribution in [2.75, 3.05) is 0 Å². The van der Waals surface area contributed by atoms with E-state index < -0.39 is 45.1 Å². The van der Waals surface area contributed by atoms with Crippen LogP contribution in [-0.4, -0.2) is 49.3 Å². The fraction of sp³-hybridized carbons (Fsp3) is 0.450.